The van der Waals surface area contributed by atoms with E-state index in [2.05, 4.69) is 37.1 Å². The molecule has 9 nitrogen and oxygen atoms in total. The fourth-order valence-electron chi connectivity index (χ4n) is 3.26. The summed E-state index contributed by atoms with van der Waals surface area (Å²) in [5, 5.41) is 21.1. The molecule has 30 heavy (non-hydrogen) atoms. The molecule has 1 aromatic carbocycles. The quantitative estimate of drug-likeness (QED) is 0.632. The van der Waals surface area contributed by atoms with Crippen LogP contribution >= 0.6 is 0 Å². The molecule has 3 aromatic rings. The first-order valence-electron chi connectivity index (χ1n) is 9.40. The largest absolute Gasteiger partial charge is 0.495 e. The third kappa shape index (κ3) is 3.96. The Hall–Kier alpha value is -3.48. The second-order valence-corrected chi connectivity index (χ2v) is 6.77. The molecular formula is C21H21N5O4. The molecule has 3 heterocycles. The molecule has 1 N–H and O–H groups in total. The fourth-order valence-corrected chi connectivity index (χ4v) is 3.26. The number of hydrogen-bond acceptors (Lipinski definition) is 9. The fraction of sp³-hybridized carbons (Fsp3) is 0.333. The van der Waals surface area contributed by atoms with Crippen LogP contribution in [0.4, 0.5) is 5.82 Å². The predicted molar refractivity (Wildman–Crippen MR) is 108 cm³/mol. The highest BCUT2D eigenvalue weighted by atomic mass is 16.5. The molecule has 1 aliphatic heterocycles. The van der Waals surface area contributed by atoms with Crippen LogP contribution in [-0.2, 0) is 11.3 Å². The molecule has 0 saturated carbocycles. The standard InChI is InChI=1S/C21H21N5O4/c1-28-17-6-4-3-5-15(17)9-10-21(29-2)11-12-26(14-21)19-8-7-16(23-24-19)20-22-18(13-27)25-30-20/h3-8,27H,11-14H2,1-2H3. The summed E-state index contributed by atoms with van der Waals surface area (Å²) in [5.74, 6) is 8.34. The second kappa shape index (κ2) is 8.49. The van der Waals surface area contributed by atoms with E-state index in [-0.39, 0.29) is 18.3 Å². The average molecular weight is 407 g/mol. The Labute approximate surface area is 173 Å². The van der Waals surface area contributed by atoms with Gasteiger partial charge in [-0.15, -0.1) is 10.2 Å². The van der Waals surface area contributed by atoms with Gasteiger partial charge in [-0.05, 0) is 24.3 Å². The third-order valence-electron chi connectivity index (χ3n) is 4.96. The maximum absolute atomic E-state index is 9.05. The summed E-state index contributed by atoms with van der Waals surface area (Å²) >= 11 is 0. The lowest BCUT2D eigenvalue weighted by atomic mass is 10.0. The van der Waals surface area contributed by atoms with Crippen molar-refractivity contribution < 1.29 is 19.1 Å². The minimum atomic E-state index is -0.607. The van der Waals surface area contributed by atoms with Crippen molar-refractivity contribution in [2.75, 3.05) is 32.2 Å². The number of aliphatic hydroxyl groups is 1. The van der Waals surface area contributed by atoms with Gasteiger partial charge in [-0.3, -0.25) is 0 Å². The van der Waals surface area contributed by atoms with Crippen LogP contribution in [0.3, 0.4) is 0 Å². The van der Waals surface area contributed by atoms with E-state index in [1.165, 1.54) is 0 Å². The highest BCUT2D eigenvalue weighted by Crippen LogP contribution is 2.29. The number of ether oxygens (including phenoxy) is 2. The van der Waals surface area contributed by atoms with Crippen LogP contribution in [0.1, 0.15) is 17.8 Å². The van der Waals surface area contributed by atoms with Gasteiger partial charge in [-0.25, -0.2) is 0 Å². The van der Waals surface area contributed by atoms with E-state index in [9.17, 15) is 0 Å². The third-order valence-corrected chi connectivity index (χ3v) is 4.96. The molecule has 1 atom stereocenters. The van der Waals surface area contributed by atoms with E-state index in [0.717, 1.165) is 24.3 Å². The van der Waals surface area contributed by atoms with Gasteiger partial charge in [0.2, 0.25) is 0 Å². The van der Waals surface area contributed by atoms with Gasteiger partial charge in [0.15, 0.2) is 17.3 Å². The summed E-state index contributed by atoms with van der Waals surface area (Å²) in [4.78, 5) is 6.11. The Morgan fingerprint density at radius 3 is 2.77 bits per heavy atom. The number of aliphatic hydroxyl groups excluding tert-OH is 1. The number of hydrogen-bond donors (Lipinski definition) is 1. The van der Waals surface area contributed by atoms with E-state index in [4.69, 9.17) is 19.1 Å². The topological polar surface area (TPSA) is 107 Å². The number of rotatable bonds is 5. The molecule has 1 fully saturated rings. The summed E-state index contributed by atoms with van der Waals surface area (Å²) in [7, 11) is 3.30. The van der Waals surface area contributed by atoms with Crippen molar-refractivity contribution in [3.8, 4) is 29.2 Å². The van der Waals surface area contributed by atoms with Crippen LogP contribution in [0.5, 0.6) is 5.75 Å². The number of para-hydroxylation sites is 1. The molecule has 9 heteroatoms. The summed E-state index contributed by atoms with van der Waals surface area (Å²) in [6, 6.07) is 11.2. The van der Waals surface area contributed by atoms with E-state index < -0.39 is 5.60 Å². The zero-order valence-electron chi connectivity index (χ0n) is 16.7. The highest BCUT2D eigenvalue weighted by molar-refractivity contribution is 5.51. The van der Waals surface area contributed by atoms with Crippen LogP contribution in [-0.4, -0.2) is 58.4 Å². The second-order valence-electron chi connectivity index (χ2n) is 6.77. The van der Waals surface area contributed by atoms with Gasteiger partial charge in [0, 0.05) is 20.1 Å². The first-order valence-corrected chi connectivity index (χ1v) is 9.40. The minimum Gasteiger partial charge on any atom is -0.495 e. The van der Waals surface area contributed by atoms with Gasteiger partial charge in [0.05, 0.1) is 19.2 Å². The number of anilines is 1. The van der Waals surface area contributed by atoms with Crippen LogP contribution < -0.4 is 9.64 Å². The number of aromatic nitrogens is 4. The zero-order valence-corrected chi connectivity index (χ0v) is 16.7. The number of nitrogens with zero attached hydrogens (tertiary/aromatic N) is 5. The lowest BCUT2D eigenvalue weighted by Gasteiger charge is -2.22. The summed E-state index contributed by atoms with van der Waals surface area (Å²) in [6.45, 7) is 1.00. The van der Waals surface area contributed by atoms with Crippen molar-refractivity contribution in [1.82, 2.24) is 20.3 Å². The SMILES string of the molecule is COc1ccccc1C#CC1(OC)CCN(c2ccc(-c3nc(CO)no3)nn2)C1. The normalized spacial score (nSPS) is 18.2. The van der Waals surface area contributed by atoms with Crippen molar-refractivity contribution in [2.45, 2.75) is 18.6 Å². The lowest BCUT2D eigenvalue weighted by molar-refractivity contribution is 0.0602. The van der Waals surface area contributed by atoms with Gasteiger partial charge >= 0.3 is 0 Å². The van der Waals surface area contributed by atoms with Crippen LogP contribution in [0.15, 0.2) is 40.9 Å². The molecule has 2 aromatic heterocycles. The smallest absolute Gasteiger partial charge is 0.278 e. The van der Waals surface area contributed by atoms with E-state index in [1.807, 2.05) is 30.3 Å². The zero-order chi connectivity index (χ0) is 21.0. The monoisotopic (exact) mass is 407 g/mol. The Bertz CT molecular complexity index is 1070. The van der Waals surface area contributed by atoms with Crippen molar-refractivity contribution >= 4 is 5.82 Å². The first-order chi connectivity index (χ1) is 14.7. The summed E-state index contributed by atoms with van der Waals surface area (Å²) in [6.07, 6.45) is 0.735. The molecule has 0 amide bonds. The number of benzene rings is 1. The lowest BCUT2D eigenvalue weighted by Crippen LogP contribution is -2.34. The van der Waals surface area contributed by atoms with Gasteiger partial charge in [0.1, 0.15) is 18.0 Å². The summed E-state index contributed by atoms with van der Waals surface area (Å²) in [5.41, 5.74) is 0.656. The molecule has 0 spiro atoms. The Balaban J connectivity index is 1.50. The van der Waals surface area contributed by atoms with Gasteiger partial charge in [0.25, 0.3) is 5.89 Å². The summed E-state index contributed by atoms with van der Waals surface area (Å²) < 4.78 is 16.2. The molecular weight excluding hydrogens is 386 g/mol. The van der Waals surface area contributed by atoms with Crippen molar-refractivity contribution in [1.29, 1.82) is 0 Å². The van der Waals surface area contributed by atoms with Gasteiger partial charge < -0.3 is 24.0 Å². The highest BCUT2D eigenvalue weighted by Gasteiger charge is 2.37. The van der Waals surface area contributed by atoms with Crippen molar-refractivity contribution in [3.63, 3.8) is 0 Å². The van der Waals surface area contributed by atoms with E-state index in [0.29, 0.717) is 18.1 Å². The predicted octanol–water partition coefficient (Wildman–Crippen LogP) is 1.67. The molecule has 1 unspecified atom stereocenters. The molecule has 1 saturated heterocycles. The van der Waals surface area contributed by atoms with Gasteiger partial charge in [-0.1, -0.05) is 29.1 Å². The van der Waals surface area contributed by atoms with Crippen LogP contribution in [0.25, 0.3) is 11.6 Å². The average Bonchev–Trinajstić information content (AvgIpc) is 3.46. The Kier molecular flexibility index (Phi) is 5.61. The first kappa shape index (κ1) is 19.8. The van der Waals surface area contributed by atoms with Crippen LogP contribution in [0.2, 0.25) is 0 Å². The van der Waals surface area contributed by atoms with Crippen molar-refractivity contribution in [2.24, 2.45) is 0 Å². The molecule has 0 bridgehead atoms. The minimum absolute atomic E-state index is 0.203. The Morgan fingerprint density at radius 2 is 2.07 bits per heavy atom. The van der Waals surface area contributed by atoms with E-state index in [1.54, 1.807) is 20.3 Å². The Morgan fingerprint density at radius 1 is 1.20 bits per heavy atom. The molecule has 1 aliphatic rings. The molecule has 154 valence electrons. The molecule has 4 rings (SSSR count). The van der Waals surface area contributed by atoms with Gasteiger partial charge in [-0.2, -0.15) is 4.98 Å². The maximum atomic E-state index is 9.05. The van der Waals surface area contributed by atoms with E-state index >= 15 is 0 Å². The van der Waals surface area contributed by atoms with Crippen LogP contribution in [0, 0.1) is 11.8 Å². The molecule has 0 aliphatic carbocycles. The maximum Gasteiger partial charge on any atom is 0.278 e. The van der Waals surface area contributed by atoms with Crippen molar-refractivity contribution in [3.05, 3.63) is 47.8 Å². The molecule has 0 radical (unpaired) electrons. The number of methoxy groups -OCH3 is 2.